The number of hydrogen-bond donors (Lipinski definition) is 4. The molecule has 1 rings (SSSR count). The Morgan fingerprint density at radius 2 is 1.65 bits per heavy atom. The van der Waals surface area contributed by atoms with Gasteiger partial charge in [-0.15, -0.1) is 0 Å². The van der Waals surface area contributed by atoms with Gasteiger partial charge in [0.15, 0.2) is 5.16 Å². The third-order valence-electron chi connectivity index (χ3n) is 2.62. The highest BCUT2D eigenvalue weighted by atomic mass is 31.2. The van der Waals surface area contributed by atoms with Crippen molar-refractivity contribution in [2.45, 2.75) is 31.8 Å². The Bertz CT molecular complexity index is 349. The van der Waals surface area contributed by atoms with E-state index in [1.807, 2.05) is 24.5 Å². The monoisotopic (exact) mass is 263 g/mol. The molecule has 17 heavy (non-hydrogen) atoms. The molecule has 0 aliphatic heterocycles. The zero-order valence-corrected chi connectivity index (χ0v) is 10.7. The minimum Gasteiger partial charge on any atom is -0.480 e. The fourth-order valence-corrected chi connectivity index (χ4v) is 2.44. The predicted molar refractivity (Wildman–Crippen MR) is 63.8 cm³/mol. The van der Waals surface area contributed by atoms with E-state index in [0.717, 1.165) is 0 Å². The maximum Gasteiger partial charge on any atom is 0.342 e. The molecular weight excluding hydrogens is 245 g/mol. The Morgan fingerprint density at radius 1 is 1.24 bits per heavy atom. The van der Waals surface area contributed by atoms with Crippen molar-refractivity contribution in [1.82, 2.24) is 4.98 Å². The smallest absolute Gasteiger partial charge is 0.342 e. The first kappa shape index (κ1) is 15.9. The van der Waals surface area contributed by atoms with Crippen molar-refractivity contribution in [2.75, 3.05) is 0 Å². The largest absolute Gasteiger partial charge is 0.480 e. The van der Waals surface area contributed by atoms with Gasteiger partial charge in [-0.3, -0.25) is 9.36 Å². The summed E-state index contributed by atoms with van der Waals surface area (Å²) in [6.45, 7) is 2.91. The van der Waals surface area contributed by atoms with Crippen molar-refractivity contribution >= 4 is 13.6 Å². The summed E-state index contributed by atoms with van der Waals surface area (Å²) >= 11 is 0. The van der Waals surface area contributed by atoms with E-state index < -0.39 is 18.7 Å². The van der Waals surface area contributed by atoms with Crippen LogP contribution < -0.4 is 0 Å². The number of rotatable bonds is 4. The predicted octanol–water partition coefficient (Wildman–Crippen LogP) is 1.82. The summed E-state index contributed by atoms with van der Waals surface area (Å²) in [6, 6.07) is 3.89. The summed E-state index contributed by atoms with van der Waals surface area (Å²) in [6.07, 6.45) is 3.62. The van der Waals surface area contributed by atoms with Crippen LogP contribution in [0, 0.1) is 0 Å². The molecule has 7 heteroatoms. The van der Waals surface area contributed by atoms with Gasteiger partial charge in [0.1, 0.15) is 0 Å². The number of H-pyrrole nitrogens is 1. The van der Waals surface area contributed by atoms with Gasteiger partial charge >= 0.3 is 13.6 Å². The van der Waals surface area contributed by atoms with E-state index in [0.29, 0.717) is 0 Å². The molecule has 4 N–H and O–H groups in total. The van der Waals surface area contributed by atoms with E-state index in [-0.39, 0.29) is 12.8 Å². The third kappa shape index (κ3) is 4.00. The Labute approximate surface area is 99.8 Å². The molecule has 0 aliphatic carbocycles. The van der Waals surface area contributed by atoms with Gasteiger partial charge in [0.25, 0.3) is 0 Å². The molecule has 1 aromatic rings. The summed E-state index contributed by atoms with van der Waals surface area (Å²) in [5.74, 6) is -1.43. The van der Waals surface area contributed by atoms with Crippen LogP contribution in [0.25, 0.3) is 0 Å². The zero-order chi connectivity index (χ0) is 13.5. The second-order valence-electron chi connectivity index (χ2n) is 3.47. The van der Waals surface area contributed by atoms with Gasteiger partial charge in [0.2, 0.25) is 0 Å². The van der Waals surface area contributed by atoms with Gasteiger partial charge in [-0.05, 0) is 25.0 Å². The average Bonchev–Trinajstić information content (AvgIpc) is 2.75. The van der Waals surface area contributed by atoms with Crippen molar-refractivity contribution in [2.24, 2.45) is 0 Å². The molecule has 6 nitrogen and oxygen atoms in total. The molecular formula is C10H18NO5P. The van der Waals surface area contributed by atoms with Gasteiger partial charge < -0.3 is 19.9 Å². The molecule has 98 valence electrons. The van der Waals surface area contributed by atoms with Crippen LogP contribution in [0.2, 0.25) is 0 Å². The first-order valence-electron chi connectivity index (χ1n) is 5.18. The normalized spacial score (nSPS) is 11.5. The Hall–Kier alpha value is -1.10. The second-order valence-corrected chi connectivity index (χ2v) is 5.42. The number of hydrogen-bond acceptors (Lipinski definition) is 2. The van der Waals surface area contributed by atoms with Gasteiger partial charge in [-0.1, -0.05) is 13.8 Å². The lowest BCUT2D eigenvalue weighted by atomic mass is 10.0. The van der Waals surface area contributed by atoms with Crippen molar-refractivity contribution in [1.29, 1.82) is 0 Å². The lowest BCUT2D eigenvalue weighted by Gasteiger charge is -2.26. The molecule has 0 fully saturated rings. The van der Waals surface area contributed by atoms with E-state index in [2.05, 4.69) is 4.98 Å². The van der Waals surface area contributed by atoms with Gasteiger partial charge in [-0.25, -0.2) is 0 Å². The average molecular weight is 263 g/mol. The molecule has 0 radical (unpaired) electrons. The summed E-state index contributed by atoms with van der Waals surface area (Å²) in [5, 5.41) is 6.77. The van der Waals surface area contributed by atoms with E-state index in [1.54, 1.807) is 0 Å². The van der Waals surface area contributed by atoms with Crippen LogP contribution in [0.3, 0.4) is 0 Å². The summed E-state index contributed by atoms with van der Waals surface area (Å²) < 4.78 is 10.9. The van der Waals surface area contributed by atoms with Gasteiger partial charge in [0, 0.05) is 12.4 Å². The lowest BCUT2D eigenvalue weighted by molar-refractivity contribution is -0.140. The maximum atomic E-state index is 10.9. The van der Waals surface area contributed by atoms with Crippen LogP contribution in [-0.4, -0.2) is 31.0 Å². The van der Waals surface area contributed by atoms with E-state index in [9.17, 15) is 9.36 Å². The summed E-state index contributed by atoms with van der Waals surface area (Å²) in [5.41, 5.74) is 0. The Morgan fingerprint density at radius 3 is 1.71 bits per heavy atom. The van der Waals surface area contributed by atoms with Crippen LogP contribution in [0.15, 0.2) is 24.5 Å². The third-order valence-corrected chi connectivity index (χ3v) is 4.56. The first-order valence-corrected chi connectivity index (χ1v) is 6.79. The van der Waals surface area contributed by atoms with E-state index in [1.165, 1.54) is 13.8 Å². The lowest BCUT2D eigenvalue weighted by Crippen LogP contribution is -2.36. The molecule has 0 saturated heterocycles. The van der Waals surface area contributed by atoms with Gasteiger partial charge in [-0.2, -0.15) is 0 Å². The highest BCUT2D eigenvalue weighted by molar-refractivity contribution is 7.54. The minimum atomic E-state index is -4.56. The molecule has 0 saturated carbocycles. The summed E-state index contributed by atoms with van der Waals surface area (Å²) in [4.78, 5) is 31.2. The van der Waals surface area contributed by atoms with Crippen molar-refractivity contribution in [3.63, 3.8) is 0 Å². The van der Waals surface area contributed by atoms with Crippen LogP contribution in [0.1, 0.15) is 26.7 Å². The van der Waals surface area contributed by atoms with Crippen LogP contribution in [-0.2, 0) is 9.36 Å². The van der Waals surface area contributed by atoms with Crippen molar-refractivity contribution < 1.29 is 24.3 Å². The van der Waals surface area contributed by atoms with Crippen LogP contribution >= 0.6 is 7.60 Å². The number of carboxylic acid groups (broad SMARTS) is 1. The molecule has 0 unspecified atom stereocenters. The quantitative estimate of drug-likeness (QED) is 0.619. The number of aromatic amines is 1. The SMILES string of the molecule is CCC(CC)(C(=O)O)P(=O)(O)O.c1cc[nH]c1. The molecule has 0 bridgehead atoms. The fourth-order valence-electron chi connectivity index (χ4n) is 1.37. The van der Waals surface area contributed by atoms with Crippen LogP contribution in [0.4, 0.5) is 0 Å². The van der Waals surface area contributed by atoms with Crippen molar-refractivity contribution in [3.8, 4) is 0 Å². The molecule has 0 aromatic carbocycles. The second kappa shape index (κ2) is 6.59. The van der Waals surface area contributed by atoms with E-state index >= 15 is 0 Å². The van der Waals surface area contributed by atoms with Crippen molar-refractivity contribution in [3.05, 3.63) is 24.5 Å². The summed E-state index contributed by atoms with van der Waals surface area (Å²) in [7, 11) is -4.56. The molecule has 0 atom stereocenters. The molecule has 0 spiro atoms. The standard InChI is InChI=1S/C6H13O5P.C4H5N/c1-3-6(4-2,5(7)8)12(9,10)11;1-2-4-5-3-1/h3-4H2,1-2H3,(H,7,8)(H2,9,10,11);1-5H. The number of nitrogens with one attached hydrogen (secondary N) is 1. The highest BCUT2D eigenvalue weighted by Crippen LogP contribution is 2.54. The number of aliphatic carboxylic acids is 1. The first-order chi connectivity index (χ1) is 7.81. The molecule has 1 heterocycles. The number of carboxylic acids is 1. The fraction of sp³-hybridized carbons (Fsp3) is 0.500. The molecule has 0 aliphatic rings. The minimum absolute atomic E-state index is 0.0664. The Balaban J connectivity index is 0.000000419. The molecule has 1 aromatic heterocycles. The molecule has 0 amide bonds. The highest BCUT2D eigenvalue weighted by Gasteiger charge is 2.50. The number of aromatic nitrogens is 1. The maximum absolute atomic E-state index is 10.9. The van der Waals surface area contributed by atoms with E-state index in [4.69, 9.17) is 14.9 Å². The topological polar surface area (TPSA) is 111 Å². The zero-order valence-electron chi connectivity index (χ0n) is 9.83. The number of carbonyl (C=O) groups is 1. The van der Waals surface area contributed by atoms with Gasteiger partial charge in [0.05, 0.1) is 0 Å². The van der Waals surface area contributed by atoms with Crippen LogP contribution in [0.5, 0.6) is 0 Å². The Kier molecular flexibility index (Phi) is 6.16.